The highest BCUT2D eigenvalue weighted by Crippen LogP contribution is 2.36. The molecule has 1 N–H and O–H groups in total. The summed E-state index contributed by atoms with van der Waals surface area (Å²) in [4.78, 5) is 12.5. The van der Waals surface area contributed by atoms with Crippen LogP contribution >= 0.6 is 34.8 Å². The number of rotatable bonds is 6. The summed E-state index contributed by atoms with van der Waals surface area (Å²) in [6.45, 7) is 1.90. The average molecular weight is 522 g/mol. The highest BCUT2D eigenvalue weighted by Gasteiger charge is 2.22. The molecule has 0 aliphatic heterocycles. The lowest BCUT2D eigenvalue weighted by Crippen LogP contribution is -2.14. The van der Waals surface area contributed by atoms with Crippen molar-refractivity contribution in [3.8, 4) is 11.8 Å². The Labute approximate surface area is 206 Å². The van der Waals surface area contributed by atoms with Gasteiger partial charge >= 0.3 is 10.1 Å². The summed E-state index contributed by atoms with van der Waals surface area (Å²) in [6, 6.07) is 16.7. The van der Waals surface area contributed by atoms with E-state index in [4.69, 9.17) is 39.0 Å². The second-order valence-corrected chi connectivity index (χ2v) is 9.61. The molecule has 3 aromatic carbocycles. The molecule has 0 aliphatic carbocycles. The zero-order chi connectivity index (χ0) is 24.2. The van der Waals surface area contributed by atoms with Crippen LogP contribution in [0.2, 0.25) is 15.1 Å². The van der Waals surface area contributed by atoms with Gasteiger partial charge in [-0.3, -0.25) is 4.79 Å². The maximum Gasteiger partial charge on any atom is 0.339 e. The van der Waals surface area contributed by atoms with Gasteiger partial charge in [0.05, 0.1) is 5.02 Å². The van der Waals surface area contributed by atoms with Crippen molar-refractivity contribution < 1.29 is 17.4 Å². The van der Waals surface area contributed by atoms with E-state index in [1.807, 2.05) is 6.92 Å². The minimum absolute atomic E-state index is 0.0284. The van der Waals surface area contributed by atoms with Gasteiger partial charge in [-0.15, -0.1) is 0 Å². The first-order valence-electron chi connectivity index (χ1n) is 9.28. The molecule has 3 rings (SSSR count). The van der Waals surface area contributed by atoms with Gasteiger partial charge in [0.15, 0.2) is 5.75 Å². The van der Waals surface area contributed by atoms with Gasteiger partial charge in [-0.05, 0) is 61.5 Å². The number of hydrogen-bond acceptors (Lipinski definition) is 5. The first-order valence-corrected chi connectivity index (χ1v) is 11.8. The van der Waals surface area contributed by atoms with Crippen molar-refractivity contribution >= 4 is 62.6 Å². The quantitative estimate of drug-likeness (QED) is 0.234. The molecule has 0 spiro atoms. The zero-order valence-corrected chi connectivity index (χ0v) is 20.1. The fourth-order valence-corrected chi connectivity index (χ4v) is 4.36. The largest absolute Gasteiger partial charge is 0.377 e. The molecule has 0 unspecified atom stereocenters. The maximum atomic E-state index is 12.7. The van der Waals surface area contributed by atoms with Gasteiger partial charge in [-0.25, -0.2) is 0 Å². The summed E-state index contributed by atoms with van der Waals surface area (Å²) in [6.07, 6.45) is 1.15. The van der Waals surface area contributed by atoms with Crippen molar-refractivity contribution in [3.05, 3.63) is 92.4 Å². The van der Waals surface area contributed by atoms with Gasteiger partial charge in [0.1, 0.15) is 16.5 Å². The third kappa shape index (κ3) is 6.28. The van der Waals surface area contributed by atoms with E-state index in [-0.39, 0.29) is 31.8 Å². The third-order valence-corrected chi connectivity index (χ3v) is 6.29. The van der Waals surface area contributed by atoms with Crippen LogP contribution in [0.25, 0.3) is 6.08 Å². The summed E-state index contributed by atoms with van der Waals surface area (Å²) >= 11 is 18.1. The predicted molar refractivity (Wildman–Crippen MR) is 129 cm³/mol. The molecule has 0 aromatic heterocycles. The van der Waals surface area contributed by atoms with Crippen LogP contribution in [-0.4, -0.2) is 14.3 Å². The number of anilines is 1. The smallest absolute Gasteiger partial charge is 0.339 e. The number of nitriles is 1. The molecular weight excluding hydrogens is 507 g/mol. The van der Waals surface area contributed by atoms with Gasteiger partial charge in [-0.2, -0.15) is 13.7 Å². The lowest BCUT2D eigenvalue weighted by molar-refractivity contribution is -0.112. The minimum atomic E-state index is -4.30. The molecule has 3 aromatic rings. The highest BCUT2D eigenvalue weighted by atomic mass is 35.5. The molecule has 33 heavy (non-hydrogen) atoms. The molecule has 168 valence electrons. The molecular formula is C23H15Cl3N2O4S. The Hall–Kier alpha value is -3.02. The third-order valence-electron chi connectivity index (χ3n) is 4.31. The molecule has 0 fully saturated rings. The van der Waals surface area contributed by atoms with Crippen LogP contribution in [0.5, 0.6) is 5.75 Å². The van der Waals surface area contributed by atoms with E-state index in [9.17, 15) is 18.5 Å². The van der Waals surface area contributed by atoms with Crippen LogP contribution in [0.3, 0.4) is 0 Å². The van der Waals surface area contributed by atoms with E-state index in [0.29, 0.717) is 10.7 Å². The number of nitrogens with zero attached hydrogens (tertiary/aromatic N) is 1. The number of halogens is 3. The summed E-state index contributed by atoms with van der Waals surface area (Å²) in [7, 11) is -4.30. The number of carbonyl (C=O) groups is 1. The molecule has 6 nitrogen and oxygen atoms in total. The first-order chi connectivity index (χ1) is 15.6. The van der Waals surface area contributed by atoms with Crippen LogP contribution in [0.15, 0.2) is 71.1 Å². The van der Waals surface area contributed by atoms with E-state index < -0.39 is 16.0 Å². The maximum absolute atomic E-state index is 12.7. The Bertz CT molecular complexity index is 1380. The van der Waals surface area contributed by atoms with Crippen LogP contribution in [0.4, 0.5) is 5.69 Å². The molecule has 0 saturated carbocycles. The summed E-state index contributed by atoms with van der Waals surface area (Å²) in [5.41, 5.74) is 1.20. The van der Waals surface area contributed by atoms with E-state index in [1.54, 1.807) is 30.3 Å². The summed E-state index contributed by atoms with van der Waals surface area (Å²) in [5, 5.41) is 12.5. The van der Waals surface area contributed by atoms with Gasteiger partial charge < -0.3 is 9.50 Å². The Morgan fingerprint density at radius 1 is 1.00 bits per heavy atom. The lowest BCUT2D eigenvalue weighted by atomic mass is 10.1. The minimum Gasteiger partial charge on any atom is -0.377 e. The Balaban J connectivity index is 1.99. The van der Waals surface area contributed by atoms with Crippen molar-refractivity contribution in [2.75, 3.05) is 5.32 Å². The second-order valence-electron chi connectivity index (χ2n) is 6.79. The van der Waals surface area contributed by atoms with E-state index in [1.165, 1.54) is 36.4 Å². The zero-order valence-electron chi connectivity index (χ0n) is 17.0. The van der Waals surface area contributed by atoms with Crippen molar-refractivity contribution in [2.45, 2.75) is 11.8 Å². The molecule has 0 bridgehead atoms. The van der Waals surface area contributed by atoms with Gasteiger partial charge in [0.25, 0.3) is 5.91 Å². The second kappa shape index (κ2) is 10.3. The Kier molecular flexibility index (Phi) is 7.67. The highest BCUT2D eigenvalue weighted by molar-refractivity contribution is 7.87. The molecule has 1 amide bonds. The number of nitrogens with one attached hydrogen (secondary N) is 1. The van der Waals surface area contributed by atoms with Gasteiger partial charge in [0, 0.05) is 21.3 Å². The molecule has 0 atom stereocenters. The fourth-order valence-electron chi connectivity index (χ4n) is 2.67. The SMILES string of the molecule is Cc1ccc(NC(=O)/C(C#N)=C/c2cc(Cl)cc(Cl)c2OS(=O)(=O)c2ccc(Cl)cc2)cc1. The van der Waals surface area contributed by atoms with Gasteiger partial charge in [0.2, 0.25) is 0 Å². The standard InChI is InChI=1S/C23H15Cl3N2O4S/c1-14-2-6-19(7-3-14)28-23(29)16(13-27)10-15-11-18(25)12-21(26)22(15)32-33(30,31)20-8-4-17(24)5-9-20/h2-12H,1H3,(H,28,29)/b16-10+. The Morgan fingerprint density at radius 2 is 1.64 bits per heavy atom. The monoisotopic (exact) mass is 520 g/mol. The molecule has 10 heteroatoms. The van der Waals surface area contributed by atoms with E-state index in [0.717, 1.165) is 11.6 Å². The summed E-state index contributed by atoms with van der Waals surface area (Å²) in [5.74, 6) is -0.990. The topological polar surface area (TPSA) is 96.3 Å². The molecule has 0 saturated heterocycles. The molecule has 0 heterocycles. The number of benzene rings is 3. The predicted octanol–water partition coefficient (Wildman–Crippen LogP) is 6.27. The average Bonchev–Trinajstić information content (AvgIpc) is 2.76. The van der Waals surface area contributed by atoms with Crippen molar-refractivity contribution in [1.82, 2.24) is 0 Å². The number of carbonyl (C=O) groups excluding carboxylic acids is 1. The lowest BCUT2D eigenvalue weighted by Gasteiger charge is -2.12. The Morgan fingerprint density at radius 3 is 2.24 bits per heavy atom. The van der Waals surface area contributed by atoms with Crippen LogP contribution in [-0.2, 0) is 14.9 Å². The van der Waals surface area contributed by atoms with Crippen LogP contribution in [0.1, 0.15) is 11.1 Å². The molecule has 0 radical (unpaired) electrons. The van der Waals surface area contributed by atoms with Crippen molar-refractivity contribution in [2.24, 2.45) is 0 Å². The molecule has 0 aliphatic rings. The normalized spacial score (nSPS) is 11.5. The van der Waals surface area contributed by atoms with E-state index >= 15 is 0 Å². The number of hydrogen-bond donors (Lipinski definition) is 1. The van der Waals surface area contributed by atoms with E-state index in [2.05, 4.69) is 5.32 Å². The number of amides is 1. The fraction of sp³-hybridized carbons (Fsp3) is 0.0435. The first kappa shape index (κ1) is 24.6. The number of aryl methyl sites for hydroxylation is 1. The summed E-state index contributed by atoms with van der Waals surface area (Å²) < 4.78 is 30.7. The van der Waals surface area contributed by atoms with Crippen molar-refractivity contribution in [3.63, 3.8) is 0 Å². The van der Waals surface area contributed by atoms with Crippen LogP contribution in [0, 0.1) is 18.3 Å². The van der Waals surface area contributed by atoms with Crippen LogP contribution < -0.4 is 9.50 Å². The van der Waals surface area contributed by atoms with Crippen molar-refractivity contribution in [1.29, 1.82) is 5.26 Å². The van der Waals surface area contributed by atoms with Gasteiger partial charge in [-0.1, -0.05) is 52.5 Å².